The quantitative estimate of drug-likeness (QED) is 0.417. The molecule has 0 unspecified atom stereocenters. The lowest BCUT2D eigenvalue weighted by atomic mass is 9.89. The van der Waals surface area contributed by atoms with Gasteiger partial charge in [-0.05, 0) is 36.6 Å². The van der Waals surface area contributed by atoms with Crippen LogP contribution in [0.25, 0.3) is 10.2 Å². The van der Waals surface area contributed by atoms with Crippen LogP contribution in [0.3, 0.4) is 0 Å². The number of ketones is 1. The molecule has 3 aromatic rings. The average Bonchev–Trinajstić information content (AvgIpc) is 3.04. The zero-order valence-corrected chi connectivity index (χ0v) is 18.3. The number of fused-ring (bicyclic) bond motifs is 1. The molecule has 0 aliphatic carbocycles. The van der Waals surface area contributed by atoms with Crippen LogP contribution >= 0.6 is 11.3 Å². The van der Waals surface area contributed by atoms with Crippen molar-refractivity contribution < 1.29 is 17.5 Å². The fourth-order valence-electron chi connectivity index (χ4n) is 2.58. The minimum Gasteiger partial charge on any atom is -0.292 e. The molecular formula is C21H22N2O4S2. The monoisotopic (exact) mass is 430 g/mol. The lowest BCUT2D eigenvalue weighted by Gasteiger charge is -2.16. The topological polar surface area (TPSA) is 85.7 Å². The van der Waals surface area contributed by atoms with Crippen molar-refractivity contribution in [1.82, 2.24) is 4.98 Å². The number of hydrogen-bond acceptors (Lipinski definition) is 7. The Hall–Kier alpha value is -2.58. The predicted molar refractivity (Wildman–Crippen MR) is 115 cm³/mol. The highest BCUT2D eigenvalue weighted by molar-refractivity contribution is 7.86. The third-order valence-corrected chi connectivity index (χ3v) is 6.15. The maximum absolute atomic E-state index is 12.9. The molecule has 2 aromatic carbocycles. The Balaban J connectivity index is 2.00. The molecule has 29 heavy (non-hydrogen) atoms. The number of nitrogens with zero attached hydrogens (tertiary/aromatic N) is 2. The number of rotatable bonds is 6. The Morgan fingerprint density at radius 3 is 2.38 bits per heavy atom. The highest BCUT2D eigenvalue weighted by Gasteiger charge is 2.26. The van der Waals surface area contributed by atoms with Crippen molar-refractivity contribution in [3.63, 3.8) is 0 Å². The van der Waals surface area contributed by atoms with Crippen LogP contribution in [0, 0.1) is 12.3 Å². The van der Waals surface area contributed by atoms with E-state index < -0.39 is 10.1 Å². The Bertz CT molecular complexity index is 1140. The van der Waals surface area contributed by atoms with Crippen LogP contribution in [0.1, 0.15) is 37.8 Å². The Morgan fingerprint density at radius 1 is 1.10 bits per heavy atom. The second kappa shape index (κ2) is 8.04. The van der Waals surface area contributed by atoms with Crippen molar-refractivity contribution in [2.75, 3.05) is 0 Å². The lowest BCUT2D eigenvalue weighted by Crippen LogP contribution is -2.22. The number of carbonyl (C=O) groups excluding carboxylic acids is 1. The van der Waals surface area contributed by atoms with Crippen LogP contribution in [0.5, 0.6) is 0 Å². The van der Waals surface area contributed by atoms with E-state index in [4.69, 9.17) is 4.28 Å². The standard InChI is InChI=1S/C21H22N2O4S2/c1-14-9-11-15(12-10-14)29(25,26)27-23-19(17(24)13-21(2,3)4)20-22-16-7-5-6-8-18(16)28-20/h5-12H,13H2,1-4H3. The fraction of sp³-hybridized carbons (Fsp3) is 0.286. The van der Waals surface area contributed by atoms with Crippen molar-refractivity contribution in [2.24, 2.45) is 10.6 Å². The van der Waals surface area contributed by atoms with E-state index in [0.29, 0.717) is 10.5 Å². The van der Waals surface area contributed by atoms with Crippen molar-refractivity contribution >= 4 is 43.2 Å². The summed E-state index contributed by atoms with van der Waals surface area (Å²) in [5.74, 6) is -0.323. The third kappa shape index (κ3) is 5.27. The van der Waals surface area contributed by atoms with E-state index in [1.54, 1.807) is 12.1 Å². The Labute approximate surface area is 174 Å². The average molecular weight is 431 g/mol. The number of Topliss-reactive ketones (excluding diaryl/α,β-unsaturated/α-hetero) is 1. The van der Waals surface area contributed by atoms with Crippen LogP contribution < -0.4 is 0 Å². The number of benzene rings is 2. The highest BCUT2D eigenvalue weighted by atomic mass is 32.2. The molecule has 0 saturated heterocycles. The molecular weight excluding hydrogens is 408 g/mol. The van der Waals surface area contributed by atoms with Gasteiger partial charge in [-0.2, -0.15) is 8.42 Å². The van der Waals surface area contributed by atoms with Gasteiger partial charge >= 0.3 is 10.1 Å². The van der Waals surface area contributed by atoms with Crippen LogP contribution in [-0.2, 0) is 19.2 Å². The van der Waals surface area contributed by atoms with Crippen molar-refractivity contribution in [3.8, 4) is 0 Å². The second-order valence-electron chi connectivity index (χ2n) is 7.93. The van der Waals surface area contributed by atoms with Crippen LogP contribution in [0.4, 0.5) is 0 Å². The van der Waals surface area contributed by atoms with Gasteiger partial charge in [0.15, 0.2) is 11.5 Å². The summed E-state index contributed by atoms with van der Waals surface area (Å²) >= 11 is 1.27. The molecule has 8 heteroatoms. The largest absolute Gasteiger partial charge is 0.358 e. The SMILES string of the molecule is Cc1ccc(S(=O)(=O)ON=C(C(=O)CC(C)(C)C)c2nc3ccccc3s2)cc1. The second-order valence-corrected chi connectivity index (χ2v) is 10.5. The van der Waals surface area contributed by atoms with E-state index in [1.807, 2.05) is 52.0 Å². The van der Waals surface area contributed by atoms with Gasteiger partial charge in [0.05, 0.1) is 10.2 Å². The predicted octanol–water partition coefficient (Wildman–Crippen LogP) is 4.72. The summed E-state index contributed by atoms with van der Waals surface area (Å²) in [4.78, 5) is 17.3. The maximum atomic E-state index is 12.9. The van der Waals surface area contributed by atoms with Crippen LogP contribution in [-0.4, -0.2) is 24.9 Å². The van der Waals surface area contributed by atoms with Crippen molar-refractivity contribution in [1.29, 1.82) is 0 Å². The minimum absolute atomic E-state index is 0.0289. The number of thiazole rings is 1. The van der Waals surface area contributed by atoms with Gasteiger partial charge in [-0.3, -0.25) is 9.08 Å². The van der Waals surface area contributed by atoms with E-state index >= 15 is 0 Å². The zero-order valence-electron chi connectivity index (χ0n) is 16.7. The Morgan fingerprint density at radius 2 is 1.76 bits per heavy atom. The summed E-state index contributed by atoms with van der Waals surface area (Å²) < 4.78 is 30.8. The molecule has 0 saturated carbocycles. The van der Waals surface area contributed by atoms with E-state index in [1.165, 1.54) is 23.5 Å². The summed E-state index contributed by atoms with van der Waals surface area (Å²) in [7, 11) is -4.15. The molecule has 6 nitrogen and oxygen atoms in total. The molecule has 1 aromatic heterocycles. The first-order valence-electron chi connectivity index (χ1n) is 9.03. The molecule has 0 radical (unpaired) electrons. The number of para-hydroxylation sites is 1. The third-order valence-electron chi connectivity index (χ3n) is 3.99. The van der Waals surface area contributed by atoms with Gasteiger partial charge in [0.2, 0.25) is 0 Å². The molecule has 0 spiro atoms. The highest BCUT2D eigenvalue weighted by Crippen LogP contribution is 2.26. The molecule has 3 rings (SSSR count). The van der Waals surface area contributed by atoms with Gasteiger partial charge in [-0.15, -0.1) is 11.3 Å². The van der Waals surface area contributed by atoms with Gasteiger partial charge in [-0.1, -0.05) is 55.8 Å². The molecule has 0 aliphatic heterocycles. The number of hydrogen-bond donors (Lipinski definition) is 0. The summed E-state index contributed by atoms with van der Waals surface area (Å²) in [6, 6.07) is 13.6. The fourth-order valence-corrected chi connectivity index (χ4v) is 4.28. The van der Waals surface area contributed by atoms with Gasteiger partial charge in [0.1, 0.15) is 9.90 Å². The molecule has 0 atom stereocenters. The molecule has 0 aliphatic rings. The first kappa shape index (κ1) is 21.1. The van der Waals surface area contributed by atoms with Gasteiger partial charge < -0.3 is 0 Å². The van der Waals surface area contributed by atoms with Crippen LogP contribution in [0.2, 0.25) is 0 Å². The molecule has 0 amide bonds. The van der Waals surface area contributed by atoms with Crippen molar-refractivity contribution in [3.05, 3.63) is 59.1 Å². The summed E-state index contributed by atoms with van der Waals surface area (Å²) in [6.45, 7) is 7.62. The number of oxime groups is 1. The van der Waals surface area contributed by atoms with E-state index in [9.17, 15) is 13.2 Å². The molecule has 0 bridgehead atoms. The molecule has 152 valence electrons. The molecule has 0 fully saturated rings. The van der Waals surface area contributed by atoms with Crippen molar-refractivity contribution in [2.45, 2.75) is 39.0 Å². The van der Waals surface area contributed by atoms with Crippen LogP contribution in [0.15, 0.2) is 58.6 Å². The first-order chi connectivity index (χ1) is 13.5. The van der Waals surface area contributed by atoms with Gasteiger partial charge in [0.25, 0.3) is 0 Å². The zero-order chi connectivity index (χ0) is 21.2. The minimum atomic E-state index is -4.15. The summed E-state index contributed by atoms with van der Waals surface area (Å²) in [5, 5.41) is 4.10. The Kier molecular flexibility index (Phi) is 5.86. The van der Waals surface area contributed by atoms with E-state index in [0.717, 1.165) is 10.3 Å². The summed E-state index contributed by atoms with van der Waals surface area (Å²) in [6.07, 6.45) is 0.176. The number of aryl methyl sites for hydroxylation is 1. The lowest BCUT2D eigenvalue weighted by molar-refractivity contribution is -0.114. The number of aromatic nitrogens is 1. The van der Waals surface area contributed by atoms with E-state index in [2.05, 4.69) is 10.1 Å². The normalized spacial score (nSPS) is 12.9. The maximum Gasteiger partial charge on any atom is 0.358 e. The molecule has 1 heterocycles. The van der Waals surface area contributed by atoms with E-state index in [-0.39, 0.29) is 28.2 Å². The number of carbonyl (C=O) groups is 1. The summed E-state index contributed by atoms with van der Waals surface area (Å²) in [5.41, 5.74) is 1.25. The first-order valence-corrected chi connectivity index (χ1v) is 11.3. The van der Waals surface area contributed by atoms with Gasteiger partial charge in [0, 0.05) is 6.42 Å². The van der Waals surface area contributed by atoms with Gasteiger partial charge in [-0.25, -0.2) is 4.98 Å². The molecule has 0 N–H and O–H groups in total. The smallest absolute Gasteiger partial charge is 0.292 e.